The van der Waals surface area contributed by atoms with Crippen LogP contribution in [0.25, 0.3) is 0 Å². The number of benzene rings is 1. The monoisotopic (exact) mass is 303 g/mol. The summed E-state index contributed by atoms with van der Waals surface area (Å²) >= 11 is 9.20. The normalized spacial score (nSPS) is 11.8. The fourth-order valence-electron chi connectivity index (χ4n) is 1.49. The van der Waals surface area contributed by atoms with Gasteiger partial charge in [-0.25, -0.2) is 0 Å². The average molecular weight is 305 g/mol. The van der Waals surface area contributed by atoms with Crippen LogP contribution in [0.1, 0.15) is 25.8 Å². The first kappa shape index (κ1) is 14.0. The molecule has 90 valence electrons. The zero-order valence-electron chi connectivity index (χ0n) is 9.89. The van der Waals surface area contributed by atoms with E-state index in [1.807, 2.05) is 0 Å². The second kappa shape index (κ2) is 6.63. The Hall–Kier alpha value is -0.0500. The lowest BCUT2D eigenvalue weighted by Gasteiger charge is -2.23. The molecule has 0 atom stereocenters. The van der Waals surface area contributed by atoms with Crippen molar-refractivity contribution in [3.8, 4) is 0 Å². The first-order valence-electron chi connectivity index (χ1n) is 5.55. The Bertz CT molecular complexity index is 308. The smallest absolute Gasteiger partial charge is 0.0229 e. The minimum atomic E-state index is 0.275. The van der Waals surface area contributed by atoms with Crippen molar-refractivity contribution >= 4 is 27.5 Å². The van der Waals surface area contributed by atoms with Crippen LogP contribution in [-0.4, -0.2) is 12.4 Å². The summed E-state index contributed by atoms with van der Waals surface area (Å²) in [6, 6.07) is 8.40. The molecule has 0 aromatic heterocycles. The number of nitrogens with one attached hydrogen (secondary N) is 1. The van der Waals surface area contributed by atoms with E-state index in [0.717, 1.165) is 29.9 Å². The van der Waals surface area contributed by atoms with Gasteiger partial charge in [0.2, 0.25) is 0 Å². The lowest BCUT2D eigenvalue weighted by atomic mass is 9.90. The summed E-state index contributed by atoms with van der Waals surface area (Å²) in [5.74, 6) is 0.729. The van der Waals surface area contributed by atoms with Crippen molar-refractivity contribution < 1.29 is 0 Å². The highest BCUT2D eigenvalue weighted by molar-refractivity contribution is 9.10. The Morgan fingerprint density at radius 2 is 1.88 bits per heavy atom. The molecule has 3 heteroatoms. The van der Waals surface area contributed by atoms with Crippen molar-refractivity contribution in [3.05, 3.63) is 34.3 Å². The highest BCUT2D eigenvalue weighted by Crippen LogP contribution is 2.19. The number of rotatable bonds is 6. The van der Waals surface area contributed by atoms with Crippen molar-refractivity contribution in [1.82, 2.24) is 5.32 Å². The van der Waals surface area contributed by atoms with Crippen molar-refractivity contribution in [3.63, 3.8) is 0 Å². The summed E-state index contributed by atoms with van der Waals surface area (Å²) in [6.45, 7) is 6.39. The van der Waals surface area contributed by atoms with Gasteiger partial charge in [-0.15, -0.1) is 11.6 Å². The molecule has 0 aliphatic rings. The number of hydrogen-bond donors (Lipinski definition) is 1. The standard InChI is InChI=1S/C13H19BrClN/c1-13(2,7-8-15)10-16-9-11-3-5-12(14)6-4-11/h3-6,16H,7-10H2,1-2H3. The van der Waals surface area contributed by atoms with Gasteiger partial charge in [-0.1, -0.05) is 41.9 Å². The van der Waals surface area contributed by atoms with E-state index < -0.39 is 0 Å². The molecular weight excluding hydrogens is 286 g/mol. The van der Waals surface area contributed by atoms with E-state index in [9.17, 15) is 0 Å². The molecule has 16 heavy (non-hydrogen) atoms. The molecule has 0 bridgehead atoms. The van der Waals surface area contributed by atoms with Gasteiger partial charge in [-0.2, -0.15) is 0 Å². The van der Waals surface area contributed by atoms with E-state index in [1.54, 1.807) is 0 Å². The van der Waals surface area contributed by atoms with Crippen LogP contribution < -0.4 is 5.32 Å². The Balaban J connectivity index is 2.32. The third-order valence-electron chi connectivity index (χ3n) is 2.62. The Kier molecular flexibility index (Phi) is 5.81. The van der Waals surface area contributed by atoms with Crippen molar-refractivity contribution in [2.75, 3.05) is 12.4 Å². The summed E-state index contributed by atoms with van der Waals surface area (Å²) in [5.41, 5.74) is 1.58. The van der Waals surface area contributed by atoms with Gasteiger partial charge in [-0.3, -0.25) is 0 Å². The molecule has 0 spiro atoms. The molecule has 0 aliphatic heterocycles. The topological polar surface area (TPSA) is 12.0 Å². The lowest BCUT2D eigenvalue weighted by Crippen LogP contribution is -2.29. The minimum Gasteiger partial charge on any atom is -0.312 e. The fourth-order valence-corrected chi connectivity index (χ4v) is 2.27. The van der Waals surface area contributed by atoms with Crippen molar-refractivity contribution in [2.24, 2.45) is 5.41 Å². The zero-order chi connectivity index (χ0) is 12.0. The summed E-state index contributed by atoms with van der Waals surface area (Å²) in [4.78, 5) is 0. The Labute approximate surface area is 112 Å². The van der Waals surface area contributed by atoms with Crippen LogP contribution in [0.15, 0.2) is 28.7 Å². The number of hydrogen-bond acceptors (Lipinski definition) is 1. The van der Waals surface area contributed by atoms with Gasteiger partial charge in [0.05, 0.1) is 0 Å². The van der Waals surface area contributed by atoms with Gasteiger partial charge in [0.25, 0.3) is 0 Å². The Morgan fingerprint density at radius 1 is 1.25 bits per heavy atom. The molecular formula is C13H19BrClN. The van der Waals surface area contributed by atoms with Crippen LogP contribution in [0.3, 0.4) is 0 Å². The maximum atomic E-state index is 5.77. The third kappa shape index (κ3) is 5.33. The van der Waals surface area contributed by atoms with Gasteiger partial charge in [0.15, 0.2) is 0 Å². The summed E-state index contributed by atoms with van der Waals surface area (Å²) in [6.07, 6.45) is 1.04. The molecule has 0 amide bonds. The second-order valence-corrected chi connectivity index (χ2v) is 6.13. The third-order valence-corrected chi connectivity index (χ3v) is 3.33. The first-order chi connectivity index (χ1) is 7.53. The van der Waals surface area contributed by atoms with Crippen LogP contribution >= 0.6 is 27.5 Å². The van der Waals surface area contributed by atoms with Crippen LogP contribution in [0, 0.1) is 5.41 Å². The fraction of sp³-hybridized carbons (Fsp3) is 0.538. The van der Waals surface area contributed by atoms with E-state index in [4.69, 9.17) is 11.6 Å². The number of alkyl halides is 1. The maximum Gasteiger partial charge on any atom is 0.0229 e. The van der Waals surface area contributed by atoms with Gasteiger partial charge >= 0.3 is 0 Å². The van der Waals surface area contributed by atoms with Gasteiger partial charge in [0.1, 0.15) is 0 Å². The van der Waals surface area contributed by atoms with Gasteiger partial charge in [-0.05, 0) is 29.5 Å². The van der Waals surface area contributed by atoms with Crippen molar-refractivity contribution in [2.45, 2.75) is 26.8 Å². The predicted octanol–water partition coefficient (Wildman–Crippen LogP) is 4.19. The summed E-state index contributed by atoms with van der Waals surface area (Å²) in [5, 5.41) is 3.47. The molecule has 0 heterocycles. The summed E-state index contributed by atoms with van der Waals surface area (Å²) in [7, 11) is 0. The molecule has 1 N–H and O–H groups in total. The van der Waals surface area contributed by atoms with Crippen LogP contribution in [0.4, 0.5) is 0 Å². The van der Waals surface area contributed by atoms with E-state index in [-0.39, 0.29) is 5.41 Å². The highest BCUT2D eigenvalue weighted by atomic mass is 79.9. The molecule has 1 aromatic carbocycles. The van der Waals surface area contributed by atoms with Crippen LogP contribution in [0.2, 0.25) is 0 Å². The lowest BCUT2D eigenvalue weighted by molar-refractivity contribution is 0.329. The zero-order valence-corrected chi connectivity index (χ0v) is 12.2. The van der Waals surface area contributed by atoms with Crippen LogP contribution in [-0.2, 0) is 6.54 Å². The minimum absolute atomic E-state index is 0.275. The van der Waals surface area contributed by atoms with E-state index in [2.05, 4.69) is 59.4 Å². The van der Waals surface area contributed by atoms with Gasteiger partial charge < -0.3 is 5.32 Å². The second-order valence-electron chi connectivity index (χ2n) is 4.83. The SMILES string of the molecule is CC(C)(CCCl)CNCc1ccc(Br)cc1. The molecule has 1 rings (SSSR count). The van der Waals surface area contributed by atoms with E-state index in [0.29, 0.717) is 0 Å². The van der Waals surface area contributed by atoms with Crippen molar-refractivity contribution in [1.29, 1.82) is 0 Å². The highest BCUT2D eigenvalue weighted by Gasteiger charge is 2.15. The molecule has 0 saturated heterocycles. The quantitative estimate of drug-likeness (QED) is 0.777. The molecule has 0 unspecified atom stereocenters. The predicted molar refractivity (Wildman–Crippen MR) is 75.0 cm³/mol. The molecule has 1 nitrogen and oxygen atoms in total. The van der Waals surface area contributed by atoms with E-state index in [1.165, 1.54) is 5.56 Å². The maximum absolute atomic E-state index is 5.77. The molecule has 0 saturated carbocycles. The molecule has 0 aliphatic carbocycles. The molecule has 0 fully saturated rings. The van der Waals surface area contributed by atoms with Gasteiger partial charge in [0, 0.05) is 23.4 Å². The first-order valence-corrected chi connectivity index (χ1v) is 6.87. The molecule has 0 radical (unpaired) electrons. The largest absolute Gasteiger partial charge is 0.312 e. The Morgan fingerprint density at radius 3 is 2.44 bits per heavy atom. The summed E-state index contributed by atoms with van der Waals surface area (Å²) < 4.78 is 1.12. The van der Waals surface area contributed by atoms with E-state index >= 15 is 0 Å². The average Bonchev–Trinajstić information content (AvgIpc) is 2.20. The molecule has 1 aromatic rings. The van der Waals surface area contributed by atoms with Crippen LogP contribution in [0.5, 0.6) is 0 Å². The number of halogens is 2.